The third kappa shape index (κ3) is 1.16. The van der Waals surface area contributed by atoms with E-state index in [1.54, 1.807) is 12.1 Å². The average Bonchev–Trinajstić information content (AvgIpc) is 2.87. The molecule has 4 heteroatoms. The van der Waals surface area contributed by atoms with Crippen LogP contribution in [0.3, 0.4) is 0 Å². The molecule has 1 aliphatic carbocycles. The van der Waals surface area contributed by atoms with Gasteiger partial charge in [0, 0.05) is 11.6 Å². The normalized spacial score (nSPS) is 16.4. The molecule has 1 fully saturated rings. The molecule has 14 heavy (non-hydrogen) atoms. The Kier molecular flexibility index (Phi) is 1.53. The highest BCUT2D eigenvalue weighted by Crippen LogP contribution is 2.41. The second-order valence-electron chi connectivity index (χ2n) is 3.68. The van der Waals surface area contributed by atoms with E-state index >= 15 is 0 Å². The topological polar surface area (TPSA) is 52.0 Å². The average molecular weight is 209 g/mol. The van der Waals surface area contributed by atoms with Crippen molar-refractivity contribution < 1.29 is 4.42 Å². The fourth-order valence-electron chi connectivity index (χ4n) is 1.53. The predicted molar refractivity (Wildman–Crippen MR) is 55.4 cm³/mol. The van der Waals surface area contributed by atoms with E-state index in [1.807, 2.05) is 0 Å². The summed E-state index contributed by atoms with van der Waals surface area (Å²) in [4.78, 5) is 4.37. The van der Waals surface area contributed by atoms with E-state index in [0.29, 0.717) is 22.2 Å². The molecule has 0 bridgehead atoms. The van der Waals surface area contributed by atoms with Crippen molar-refractivity contribution in [3.63, 3.8) is 0 Å². The van der Waals surface area contributed by atoms with Gasteiger partial charge in [-0.05, 0) is 25.0 Å². The van der Waals surface area contributed by atoms with Gasteiger partial charge < -0.3 is 10.2 Å². The molecule has 2 N–H and O–H groups in total. The van der Waals surface area contributed by atoms with Gasteiger partial charge in [-0.25, -0.2) is 4.98 Å². The van der Waals surface area contributed by atoms with E-state index in [1.165, 1.54) is 12.8 Å². The summed E-state index contributed by atoms with van der Waals surface area (Å²) in [6, 6.07) is 3.47. The Bertz CT molecular complexity index is 502. The van der Waals surface area contributed by atoms with E-state index in [4.69, 9.17) is 21.8 Å². The molecule has 3 nitrogen and oxygen atoms in total. The summed E-state index contributed by atoms with van der Waals surface area (Å²) in [6.07, 6.45) is 2.33. The van der Waals surface area contributed by atoms with Crippen molar-refractivity contribution in [1.82, 2.24) is 4.98 Å². The lowest BCUT2D eigenvalue weighted by Gasteiger charge is -1.93. The summed E-state index contributed by atoms with van der Waals surface area (Å²) in [5, 5.41) is 0.541. The minimum Gasteiger partial charge on any atom is -0.439 e. The van der Waals surface area contributed by atoms with Gasteiger partial charge in [0.25, 0.3) is 0 Å². The molecule has 0 unspecified atom stereocenters. The fraction of sp³-hybridized carbons (Fsp3) is 0.300. The van der Waals surface area contributed by atoms with E-state index in [-0.39, 0.29) is 0 Å². The monoisotopic (exact) mass is 208 g/mol. The van der Waals surface area contributed by atoms with Crippen molar-refractivity contribution in [3.05, 3.63) is 23.0 Å². The lowest BCUT2D eigenvalue weighted by atomic mass is 10.3. The molecule has 0 aliphatic heterocycles. The van der Waals surface area contributed by atoms with Crippen LogP contribution in [0, 0.1) is 0 Å². The number of nitrogens with two attached hydrogens (primary N) is 1. The van der Waals surface area contributed by atoms with Crippen LogP contribution in [0.1, 0.15) is 24.7 Å². The third-order valence-electron chi connectivity index (χ3n) is 2.41. The van der Waals surface area contributed by atoms with Crippen molar-refractivity contribution in [1.29, 1.82) is 0 Å². The molecule has 1 aromatic heterocycles. The molecule has 1 saturated carbocycles. The van der Waals surface area contributed by atoms with Gasteiger partial charge in [-0.1, -0.05) is 11.6 Å². The van der Waals surface area contributed by atoms with Crippen LogP contribution in [0.2, 0.25) is 5.02 Å². The first-order valence-electron chi connectivity index (χ1n) is 4.59. The number of halogens is 1. The molecule has 0 atom stereocenters. The highest BCUT2D eigenvalue weighted by atomic mass is 35.5. The lowest BCUT2D eigenvalue weighted by Crippen LogP contribution is -1.83. The zero-order valence-electron chi connectivity index (χ0n) is 7.46. The van der Waals surface area contributed by atoms with Crippen LogP contribution in [0.25, 0.3) is 11.1 Å². The van der Waals surface area contributed by atoms with E-state index < -0.39 is 0 Å². The maximum absolute atomic E-state index is 5.99. The number of aromatic nitrogens is 1. The van der Waals surface area contributed by atoms with Crippen LogP contribution in [0.4, 0.5) is 5.69 Å². The van der Waals surface area contributed by atoms with E-state index in [2.05, 4.69) is 4.98 Å². The van der Waals surface area contributed by atoms with Crippen molar-refractivity contribution in [2.45, 2.75) is 18.8 Å². The lowest BCUT2D eigenvalue weighted by molar-refractivity contribution is 0.533. The number of hydrogen-bond donors (Lipinski definition) is 1. The molecule has 2 aromatic rings. The predicted octanol–water partition coefficient (Wildman–Crippen LogP) is 2.94. The highest BCUT2D eigenvalue weighted by Gasteiger charge is 2.29. The van der Waals surface area contributed by atoms with Crippen molar-refractivity contribution >= 4 is 28.4 Å². The zero-order valence-corrected chi connectivity index (χ0v) is 8.21. The van der Waals surface area contributed by atoms with E-state index in [0.717, 1.165) is 11.4 Å². The van der Waals surface area contributed by atoms with Gasteiger partial charge in [-0.3, -0.25) is 0 Å². The van der Waals surface area contributed by atoms with Gasteiger partial charge in [-0.15, -0.1) is 0 Å². The zero-order chi connectivity index (χ0) is 9.71. The van der Waals surface area contributed by atoms with Gasteiger partial charge in [-0.2, -0.15) is 0 Å². The van der Waals surface area contributed by atoms with Crippen LogP contribution < -0.4 is 5.73 Å². The van der Waals surface area contributed by atoms with Crippen molar-refractivity contribution in [2.24, 2.45) is 0 Å². The second kappa shape index (κ2) is 2.64. The Labute approximate surface area is 85.9 Å². The largest absolute Gasteiger partial charge is 0.439 e. The first kappa shape index (κ1) is 8.12. The smallest absolute Gasteiger partial charge is 0.198 e. The van der Waals surface area contributed by atoms with E-state index in [9.17, 15) is 0 Å². The van der Waals surface area contributed by atoms with Gasteiger partial charge in [0.2, 0.25) is 0 Å². The summed E-state index contributed by atoms with van der Waals surface area (Å²) >= 11 is 5.99. The molecule has 1 heterocycles. The number of benzene rings is 1. The summed E-state index contributed by atoms with van der Waals surface area (Å²) in [5.41, 5.74) is 7.70. The molecule has 0 radical (unpaired) electrons. The number of hydrogen-bond acceptors (Lipinski definition) is 3. The molecule has 1 aliphatic rings. The van der Waals surface area contributed by atoms with Crippen LogP contribution >= 0.6 is 11.6 Å². The maximum atomic E-state index is 5.99. The van der Waals surface area contributed by atoms with Crippen LogP contribution in [0.5, 0.6) is 0 Å². The molecule has 1 aromatic carbocycles. The first-order chi connectivity index (χ1) is 6.74. The molecular formula is C10H9ClN2O. The van der Waals surface area contributed by atoms with Crippen LogP contribution in [-0.4, -0.2) is 4.98 Å². The Balaban J connectivity index is 2.26. The number of oxazole rings is 1. The number of rotatable bonds is 1. The number of nitrogens with zero attached hydrogens (tertiary/aromatic N) is 1. The van der Waals surface area contributed by atoms with Gasteiger partial charge >= 0.3 is 0 Å². The SMILES string of the molecule is Nc1cc(Cl)c2oc(C3CC3)nc2c1. The number of fused-ring (bicyclic) bond motifs is 1. The summed E-state index contributed by atoms with van der Waals surface area (Å²) in [6.45, 7) is 0. The maximum Gasteiger partial charge on any atom is 0.198 e. The van der Waals surface area contributed by atoms with Gasteiger partial charge in [0.1, 0.15) is 5.52 Å². The molecule has 72 valence electrons. The Morgan fingerprint density at radius 3 is 2.93 bits per heavy atom. The third-order valence-corrected chi connectivity index (χ3v) is 2.69. The van der Waals surface area contributed by atoms with Crippen molar-refractivity contribution in [2.75, 3.05) is 5.73 Å². The van der Waals surface area contributed by atoms with Crippen LogP contribution in [-0.2, 0) is 0 Å². The molecule has 0 saturated heterocycles. The Morgan fingerprint density at radius 2 is 2.21 bits per heavy atom. The number of nitrogen functional groups attached to an aromatic ring is 1. The minimum atomic E-state index is 0.500. The number of anilines is 1. The fourth-order valence-corrected chi connectivity index (χ4v) is 1.80. The minimum absolute atomic E-state index is 0.500. The summed E-state index contributed by atoms with van der Waals surface area (Å²) < 4.78 is 5.58. The summed E-state index contributed by atoms with van der Waals surface area (Å²) in [5.74, 6) is 1.30. The van der Waals surface area contributed by atoms with Crippen molar-refractivity contribution in [3.8, 4) is 0 Å². The standard InChI is InChI=1S/C10H9ClN2O/c11-7-3-6(12)4-8-9(7)14-10(13-8)5-1-2-5/h3-5H,1-2,12H2. The molecule has 3 rings (SSSR count). The highest BCUT2D eigenvalue weighted by molar-refractivity contribution is 6.35. The quantitative estimate of drug-likeness (QED) is 0.733. The second-order valence-corrected chi connectivity index (χ2v) is 4.08. The molecule has 0 spiro atoms. The first-order valence-corrected chi connectivity index (χ1v) is 4.97. The molecule has 0 amide bonds. The Hall–Kier alpha value is -1.22. The van der Waals surface area contributed by atoms with Gasteiger partial charge in [0.15, 0.2) is 11.5 Å². The van der Waals surface area contributed by atoms with Crippen LogP contribution in [0.15, 0.2) is 16.5 Å². The Morgan fingerprint density at radius 1 is 1.43 bits per heavy atom. The van der Waals surface area contributed by atoms with Gasteiger partial charge in [0.05, 0.1) is 5.02 Å². The summed E-state index contributed by atoms with van der Waals surface area (Å²) in [7, 11) is 0. The molecular weight excluding hydrogens is 200 g/mol.